The van der Waals surface area contributed by atoms with E-state index in [1.54, 1.807) is 11.8 Å². The Balaban J connectivity index is 3.19. The number of carboxylic acid groups (broad SMARTS) is 1. The van der Waals surface area contributed by atoms with Crippen molar-refractivity contribution in [1.82, 2.24) is 0 Å². The first-order valence-corrected chi connectivity index (χ1v) is 6.07. The van der Waals surface area contributed by atoms with Gasteiger partial charge in [0.15, 0.2) is 0 Å². The smallest absolute Gasteiger partial charge is 0.305 e. The fourth-order valence-electron chi connectivity index (χ4n) is 2.06. The average Bonchev–Trinajstić information content (AvgIpc) is 2.38. The van der Waals surface area contributed by atoms with Crippen molar-refractivity contribution in [3.63, 3.8) is 0 Å². The minimum absolute atomic E-state index is 0.0737. The van der Waals surface area contributed by atoms with Crippen molar-refractivity contribution in [1.29, 1.82) is 5.26 Å². The molecule has 0 amide bonds. The molecule has 0 fully saturated rings. The molecular weight excluding hydrogens is 262 g/mol. The van der Waals surface area contributed by atoms with Crippen LogP contribution in [0, 0.1) is 21.4 Å². The lowest BCUT2D eigenvalue weighted by molar-refractivity contribution is -0.384. The summed E-state index contributed by atoms with van der Waals surface area (Å²) in [6.45, 7) is 4.07. The number of nitro benzene ring substituents is 1. The lowest BCUT2D eigenvalue weighted by Gasteiger charge is -2.29. The van der Waals surface area contributed by atoms with Gasteiger partial charge in [-0.3, -0.25) is 14.9 Å². The highest BCUT2D eigenvalue weighted by atomic mass is 16.6. The highest BCUT2D eigenvalue weighted by Crippen LogP contribution is 2.27. The molecule has 0 radical (unpaired) electrons. The molecule has 1 N–H and O–H groups in total. The van der Waals surface area contributed by atoms with E-state index in [1.807, 2.05) is 13.0 Å². The Hall–Kier alpha value is -2.62. The maximum Gasteiger partial charge on any atom is 0.305 e. The van der Waals surface area contributed by atoms with E-state index in [4.69, 9.17) is 10.4 Å². The molecule has 0 aliphatic heterocycles. The summed E-state index contributed by atoms with van der Waals surface area (Å²) < 4.78 is 0. The number of non-ortho nitro benzene ring substituents is 1. The number of anilines is 1. The maximum atomic E-state index is 10.8. The Morgan fingerprint density at radius 2 is 2.25 bits per heavy atom. The Labute approximate surface area is 116 Å². The van der Waals surface area contributed by atoms with Crippen molar-refractivity contribution in [2.24, 2.45) is 0 Å². The first-order valence-electron chi connectivity index (χ1n) is 6.07. The van der Waals surface area contributed by atoms with Crippen LogP contribution in [0.4, 0.5) is 11.4 Å². The Bertz CT molecular complexity index is 565. The van der Waals surface area contributed by atoms with Crippen molar-refractivity contribution in [2.45, 2.75) is 26.3 Å². The molecule has 1 atom stereocenters. The standard InChI is InChI=1S/C13H15N3O4/c1-3-15(9(2)6-13(17)18)12-5-4-11(16(19)20)7-10(12)8-14/h4-5,7,9H,3,6H2,1-2H3,(H,17,18). The molecule has 1 aromatic carbocycles. The Morgan fingerprint density at radius 3 is 2.70 bits per heavy atom. The number of carbonyl (C=O) groups is 1. The van der Waals surface area contributed by atoms with E-state index in [0.29, 0.717) is 12.2 Å². The molecule has 0 heterocycles. The van der Waals surface area contributed by atoms with E-state index >= 15 is 0 Å². The SMILES string of the molecule is CCN(c1ccc([N+](=O)[O-])cc1C#N)C(C)CC(=O)O. The summed E-state index contributed by atoms with van der Waals surface area (Å²) in [5, 5.41) is 28.7. The second kappa shape index (κ2) is 6.52. The number of benzene rings is 1. The molecule has 0 saturated heterocycles. The minimum atomic E-state index is -0.934. The number of nitro groups is 1. The second-order valence-corrected chi connectivity index (χ2v) is 4.30. The molecule has 7 nitrogen and oxygen atoms in total. The van der Waals surface area contributed by atoms with Gasteiger partial charge < -0.3 is 10.0 Å². The largest absolute Gasteiger partial charge is 0.481 e. The predicted octanol–water partition coefficient (Wildman–Crippen LogP) is 2.16. The van der Waals surface area contributed by atoms with Crippen LogP contribution in [0.2, 0.25) is 0 Å². The molecule has 0 bridgehead atoms. The molecule has 106 valence electrons. The monoisotopic (exact) mass is 277 g/mol. The van der Waals surface area contributed by atoms with E-state index in [9.17, 15) is 14.9 Å². The van der Waals surface area contributed by atoms with Crippen molar-refractivity contribution < 1.29 is 14.8 Å². The normalized spacial score (nSPS) is 11.4. The molecule has 0 aliphatic rings. The van der Waals surface area contributed by atoms with Crippen LogP contribution in [0.3, 0.4) is 0 Å². The fraction of sp³-hybridized carbons (Fsp3) is 0.385. The molecule has 7 heteroatoms. The van der Waals surface area contributed by atoms with Crippen LogP contribution in [-0.2, 0) is 4.79 Å². The number of nitriles is 1. The maximum absolute atomic E-state index is 10.8. The summed E-state index contributed by atoms with van der Waals surface area (Å²) >= 11 is 0. The number of hydrogen-bond donors (Lipinski definition) is 1. The molecule has 1 unspecified atom stereocenters. The minimum Gasteiger partial charge on any atom is -0.481 e. The average molecular weight is 277 g/mol. The molecule has 1 aromatic rings. The van der Waals surface area contributed by atoms with Gasteiger partial charge in [0.25, 0.3) is 5.69 Å². The summed E-state index contributed by atoms with van der Waals surface area (Å²) in [4.78, 5) is 22.7. The van der Waals surface area contributed by atoms with Crippen molar-refractivity contribution in [3.8, 4) is 6.07 Å². The lowest BCUT2D eigenvalue weighted by Crippen LogP contribution is -2.35. The molecule has 0 spiro atoms. The topological polar surface area (TPSA) is 107 Å². The van der Waals surface area contributed by atoms with Gasteiger partial charge in [-0.15, -0.1) is 0 Å². The van der Waals surface area contributed by atoms with Gasteiger partial charge in [-0.1, -0.05) is 0 Å². The van der Waals surface area contributed by atoms with Crippen LogP contribution in [0.1, 0.15) is 25.8 Å². The first-order chi connectivity index (χ1) is 9.40. The summed E-state index contributed by atoms with van der Waals surface area (Å²) in [5.74, 6) is -0.934. The summed E-state index contributed by atoms with van der Waals surface area (Å²) in [6, 6.07) is 5.60. The lowest BCUT2D eigenvalue weighted by atomic mass is 10.1. The van der Waals surface area contributed by atoms with Crippen LogP contribution in [0.5, 0.6) is 0 Å². The zero-order valence-electron chi connectivity index (χ0n) is 11.2. The van der Waals surface area contributed by atoms with Gasteiger partial charge in [-0.25, -0.2) is 0 Å². The van der Waals surface area contributed by atoms with Gasteiger partial charge >= 0.3 is 5.97 Å². The van der Waals surface area contributed by atoms with Gasteiger partial charge in [0.05, 0.1) is 22.6 Å². The van der Waals surface area contributed by atoms with Gasteiger partial charge in [-0.05, 0) is 19.9 Å². The number of aliphatic carboxylic acids is 1. The Morgan fingerprint density at radius 1 is 1.60 bits per heavy atom. The van der Waals surface area contributed by atoms with E-state index in [2.05, 4.69) is 0 Å². The molecule has 0 aromatic heterocycles. The first kappa shape index (κ1) is 15.4. The number of rotatable bonds is 6. The van der Waals surface area contributed by atoms with Crippen LogP contribution in [0.15, 0.2) is 18.2 Å². The molecule has 0 saturated carbocycles. The fourth-order valence-corrected chi connectivity index (χ4v) is 2.06. The number of hydrogen-bond acceptors (Lipinski definition) is 5. The second-order valence-electron chi connectivity index (χ2n) is 4.30. The zero-order valence-corrected chi connectivity index (χ0v) is 11.2. The van der Waals surface area contributed by atoms with E-state index in [1.165, 1.54) is 18.2 Å². The molecule has 1 rings (SSSR count). The van der Waals surface area contributed by atoms with Crippen molar-refractivity contribution in [3.05, 3.63) is 33.9 Å². The predicted molar refractivity (Wildman–Crippen MR) is 72.5 cm³/mol. The quantitative estimate of drug-likeness (QED) is 0.630. The van der Waals surface area contributed by atoms with E-state index in [-0.39, 0.29) is 23.7 Å². The van der Waals surface area contributed by atoms with Gasteiger partial charge in [0, 0.05) is 24.7 Å². The van der Waals surface area contributed by atoms with Gasteiger partial charge in [-0.2, -0.15) is 5.26 Å². The van der Waals surface area contributed by atoms with Gasteiger partial charge in [0.2, 0.25) is 0 Å². The van der Waals surface area contributed by atoms with Crippen LogP contribution in [0.25, 0.3) is 0 Å². The molecule has 20 heavy (non-hydrogen) atoms. The molecule has 0 aliphatic carbocycles. The van der Waals surface area contributed by atoms with Gasteiger partial charge in [0.1, 0.15) is 6.07 Å². The van der Waals surface area contributed by atoms with E-state index < -0.39 is 10.9 Å². The number of nitrogens with zero attached hydrogens (tertiary/aromatic N) is 3. The third kappa shape index (κ3) is 3.45. The summed E-state index contributed by atoms with van der Waals surface area (Å²) in [7, 11) is 0. The van der Waals surface area contributed by atoms with Crippen LogP contribution in [-0.4, -0.2) is 28.6 Å². The third-order valence-corrected chi connectivity index (χ3v) is 2.96. The highest BCUT2D eigenvalue weighted by Gasteiger charge is 2.20. The highest BCUT2D eigenvalue weighted by molar-refractivity contribution is 5.69. The van der Waals surface area contributed by atoms with Crippen molar-refractivity contribution in [2.75, 3.05) is 11.4 Å². The summed E-state index contributed by atoms with van der Waals surface area (Å²) in [5.41, 5.74) is 0.514. The third-order valence-electron chi connectivity index (χ3n) is 2.96. The number of carboxylic acids is 1. The van der Waals surface area contributed by atoms with Crippen LogP contribution < -0.4 is 4.90 Å². The Kier molecular flexibility index (Phi) is 5.03. The summed E-state index contributed by atoms with van der Waals surface area (Å²) in [6.07, 6.45) is -0.0737. The van der Waals surface area contributed by atoms with E-state index in [0.717, 1.165) is 0 Å². The zero-order chi connectivity index (χ0) is 15.3. The molecular formula is C13H15N3O4. The van der Waals surface area contributed by atoms with Crippen molar-refractivity contribution >= 4 is 17.3 Å². The van der Waals surface area contributed by atoms with Crippen LogP contribution >= 0.6 is 0 Å².